The molecule has 2 heterocycles. The molecule has 1 aliphatic rings. The Morgan fingerprint density at radius 3 is 2.70 bits per heavy atom. The molecule has 3 rings (SSSR count). The molecule has 1 aromatic carbocycles. The average molecular weight is 315 g/mol. The molecule has 0 bridgehead atoms. The third kappa shape index (κ3) is 4.93. The van der Waals surface area contributed by atoms with Gasteiger partial charge in [0.1, 0.15) is 11.9 Å². The Hall–Kier alpha value is -1.62. The van der Waals surface area contributed by atoms with Crippen molar-refractivity contribution in [3.8, 4) is 0 Å². The van der Waals surface area contributed by atoms with Gasteiger partial charge in [0, 0.05) is 26.2 Å². The monoisotopic (exact) mass is 315 g/mol. The highest BCUT2D eigenvalue weighted by Crippen LogP contribution is 2.19. The van der Waals surface area contributed by atoms with Crippen LogP contribution in [0.15, 0.2) is 53.1 Å². The highest BCUT2D eigenvalue weighted by Gasteiger charge is 2.21. The second kappa shape index (κ2) is 8.29. The van der Waals surface area contributed by atoms with Crippen LogP contribution in [0.3, 0.4) is 0 Å². The fraction of sp³-hybridized carbons (Fsp3) is 0.474. The van der Waals surface area contributed by atoms with Gasteiger partial charge in [-0.05, 0) is 37.0 Å². The van der Waals surface area contributed by atoms with E-state index in [4.69, 9.17) is 9.15 Å². The highest BCUT2D eigenvalue weighted by atomic mass is 16.5. The molecule has 0 aliphatic carbocycles. The summed E-state index contributed by atoms with van der Waals surface area (Å²) in [6.07, 6.45) is 4.73. The van der Waals surface area contributed by atoms with Gasteiger partial charge < -0.3 is 14.3 Å². The van der Waals surface area contributed by atoms with Crippen molar-refractivity contribution in [1.29, 1.82) is 0 Å². The molecule has 0 radical (unpaired) electrons. The number of furan rings is 1. The first kappa shape index (κ1) is 16.2. The van der Waals surface area contributed by atoms with Crippen LogP contribution in [0.5, 0.6) is 0 Å². The van der Waals surface area contributed by atoms with E-state index in [2.05, 4.69) is 17.0 Å². The van der Waals surface area contributed by atoms with Crippen LogP contribution in [0.1, 0.15) is 36.7 Å². The molecule has 1 fully saturated rings. The second-order valence-electron chi connectivity index (χ2n) is 6.20. The summed E-state index contributed by atoms with van der Waals surface area (Å²) in [7, 11) is 0. The quantitative estimate of drug-likeness (QED) is 0.851. The van der Waals surface area contributed by atoms with Gasteiger partial charge in [-0.25, -0.2) is 0 Å². The number of hydrogen-bond acceptors (Lipinski definition) is 4. The van der Waals surface area contributed by atoms with Crippen molar-refractivity contribution >= 4 is 0 Å². The maximum Gasteiger partial charge on any atom is 0.133 e. The van der Waals surface area contributed by atoms with Gasteiger partial charge in [-0.2, -0.15) is 0 Å². The standard InChI is InChI=1S/C19H25NO3/c21-18(19-10-6-12-23-19)15-20(13-16-7-2-1-3-8-16)14-17-9-4-5-11-22-17/h1-3,6-8,10,12,17-18,21H,4-5,9,11,13-15H2. The number of benzene rings is 1. The Balaban J connectivity index is 1.64. The third-order valence-electron chi connectivity index (χ3n) is 4.29. The first-order valence-electron chi connectivity index (χ1n) is 8.40. The zero-order chi connectivity index (χ0) is 15.9. The topological polar surface area (TPSA) is 45.8 Å². The van der Waals surface area contributed by atoms with Crippen LogP contribution < -0.4 is 0 Å². The minimum atomic E-state index is -0.614. The molecule has 4 nitrogen and oxygen atoms in total. The first-order chi connectivity index (χ1) is 11.3. The lowest BCUT2D eigenvalue weighted by Gasteiger charge is -2.31. The molecule has 2 unspecified atom stereocenters. The number of hydrogen-bond donors (Lipinski definition) is 1. The van der Waals surface area contributed by atoms with Crippen molar-refractivity contribution in [3.63, 3.8) is 0 Å². The average Bonchev–Trinajstić information content (AvgIpc) is 3.11. The summed E-state index contributed by atoms with van der Waals surface area (Å²) in [4.78, 5) is 2.26. The second-order valence-corrected chi connectivity index (χ2v) is 6.20. The number of aliphatic hydroxyl groups excluding tert-OH is 1. The summed E-state index contributed by atoms with van der Waals surface area (Å²) in [6, 6.07) is 14.0. The van der Waals surface area contributed by atoms with E-state index in [0.717, 1.165) is 32.5 Å². The zero-order valence-corrected chi connectivity index (χ0v) is 13.4. The summed E-state index contributed by atoms with van der Waals surface area (Å²) in [5.41, 5.74) is 1.25. The molecule has 1 N–H and O–H groups in total. The maximum atomic E-state index is 10.4. The fourth-order valence-electron chi connectivity index (χ4n) is 3.10. The Bertz CT molecular complexity index is 549. The molecular formula is C19H25NO3. The number of rotatable bonds is 7. The fourth-order valence-corrected chi connectivity index (χ4v) is 3.10. The minimum Gasteiger partial charge on any atom is -0.467 e. The van der Waals surface area contributed by atoms with Gasteiger partial charge in [-0.3, -0.25) is 4.90 Å². The summed E-state index contributed by atoms with van der Waals surface area (Å²) >= 11 is 0. The van der Waals surface area contributed by atoms with Crippen molar-refractivity contribution < 1.29 is 14.3 Å². The highest BCUT2D eigenvalue weighted by molar-refractivity contribution is 5.14. The van der Waals surface area contributed by atoms with E-state index < -0.39 is 6.10 Å². The molecule has 2 atom stereocenters. The van der Waals surface area contributed by atoms with E-state index in [1.807, 2.05) is 30.3 Å². The number of nitrogens with zero attached hydrogens (tertiary/aromatic N) is 1. The van der Waals surface area contributed by atoms with Crippen LogP contribution in [0.4, 0.5) is 0 Å². The molecule has 124 valence electrons. The van der Waals surface area contributed by atoms with E-state index in [0.29, 0.717) is 12.3 Å². The van der Waals surface area contributed by atoms with Crippen molar-refractivity contribution in [2.24, 2.45) is 0 Å². The van der Waals surface area contributed by atoms with Crippen molar-refractivity contribution in [2.75, 3.05) is 19.7 Å². The maximum absolute atomic E-state index is 10.4. The van der Waals surface area contributed by atoms with Crippen LogP contribution in [-0.4, -0.2) is 35.8 Å². The van der Waals surface area contributed by atoms with Crippen LogP contribution in [-0.2, 0) is 11.3 Å². The summed E-state index contributed by atoms with van der Waals surface area (Å²) in [6.45, 7) is 3.04. The largest absolute Gasteiger partial charge is 0.467 e. The van der Waals surface area contributed by atoms with E-state index >= 15 is 0 Å². The van der Waals surface area contributed by atoms with Crippen LogP contribution >= 0.6 is 0 Å². The van der Waals surface area contributed by atoms with Gasteiger partial charge >= 0.3 is 0 Å². The molecule has 1 saturated heterocycles. The van der Waals surface area contributed by atoms with Gasteiger partial charge in [0.2, 0.25) is 0 Å². The summed E-state index contributed by atoms with van der Waals surface area (Å²) in [5.74, 6) is 0.618. The van der Waals surface area contributed by atoms with Crippen LogP contribution in [0.2, 0.25) is 0 Å². The Labute approximate surface area is 137 Å². The molecule has 0 amide bonds. The third-order valence-corrected chi connectivity index (χ3v) is 4.29. The molecular weight excluding hydrogens is 290 g/mol. The minimum absolute atomic E-state index is 0.260. The molecule has 0 spiro atoms. The lowest BCUT2D eigenvalue weighted by atomic mass is 10.1. The Morgan fingerprint density at radius 1 is 1.13 bits per heavy atom. The Morgan fingerprint density at radius 2 is 2.00 bits per heavy atom. The number of ether oxygens (including phenoxy) is 1. The zero-order valence-electron chi connectivity index (χ0n) is 13.4. The van der Waals surface area contributed by atoms with E-state index in [1.54, 1.807) is 6.26 Å². The molecule has 1 aromatic heterocycles. The SMILES string of the molecule is OC(CN(Cc1ccccc1)CC1CCCCO1)c1ccco1. The van der Waals surface area contributed by atoms with E-state index in [9.17, 15) is 5.11 Å². The lowest BCUT2D eigenvalue weighted by Crippen LogP contribution is -2.37. The van der Waals surface area contributed by atoms with Gasteiger partial charge in [0.25, 0.3) is 0 Å². The lowest BCUT2D eigenvalue weighted by molar-refractivity contribution is -0.0168. The molecule has 1 aliphatic heterocycles. The van der Waals surface area contributed by atoms with Crippen molar-refractivity contribution in [2.45, 2.75) is 38.0 Å². The molecule has 2 aromatic rings. The number of aliphatic hydroxyl groups is 1. The van der Waals surface area contributed by atoms with Crippen LogP contribution in [0, 0.1) is 0 Å². The first-order valence-corrected chi connectivity index (χ1v) is 8.40. The normalized spacial score (nSPS) is 19.8. The van der Waals surface area contributed by atoms with E-state index in [1.165, 1.54) is 12.0 Å². The smallest absolute Gasteiger partial charge is 0.133 e. The van der Waals surface area contributed by atoms with Gasteiger partial charge in [0.05, 0.1) is 12.4 Å². The van der Waals surface area contributed by atoms with Gasteiger partial charge in [-0.1, -0.05) is 30.3 Å². The van der Waals surface area contributed by atoms with Crippen molar-refractivity contribution in [3.05, 3.63) is 60.1 Å². The van der Waals surface area contributed by atoms with Crippen molar-refractivity contribution in [1.82, 2.24) is 4.90 Å². The Kier molecular flexibility index (Phi) is 5.86. The van der Waals surface area contributed by atoms with Gasteiger partial charge in [0.15, 0.2) is 0 Å². The predicted octanol–water partition coefficient (Wildman–Crippen LogP) is 3.38. The summed E-state index contributed by atoms with van der Waals surface area (Å²) < 4.78 is 11.2. The van der Waals surface area contributed by atoms with E-state index in [-0.39, 0.29) is 6.10 Å². The molecule has 4 heteroatoms. The predicted molar refractivity (Wildman–Crippen MR) is 89.0 cm³/mol. The molecule has 0 saturated carbocycles. The van der Waals surface area contributed by atoms with Crippen LogP contribution in [0.25, 0.3) is 0 Å². The summed E-state index contributed by atoms with van der Waals surface area (Å²) in [5, 5.41) is 10.4. The van der Waals surface area contributed by atoms with Gasteiger partial charge in [-0.15, -0.1) is 0 Å². The molecule has 23 heavy (non-hydrogen) atoms.